The fourth-order valence-electron chi connectivity index (χ4n) is 1.84. The van der Waals surface area contributed by atoms with Crippen LogP contribution in [-0.2, 0) is 6.54 Å². The summed E-state index contributed by atoms with van der Waals surface area (Å²) in [6.07, 6.45) is 1.06. The van der Waals surface area contributed by atoms with Crippen LogP contribution in [0.5, 0.6) is 0 Å². The van der Waals surface area contributed by atoms with Gasteiger partial charge in [0.25, 0.3) is 0 Å². The van der Waals surface area contributed by atoms with Gasteiger partial charge in [0.2, 0.25) is 5.95 Å². The zero-order valence-corrected chi connectivity index (χ0v) is 12.3. The number of aryl methyl sites for hydroxylation is 2. The summed E-state index contributed by atoms with van der Waals surface area (Å²) >= 11 is 1.79. The molecule has 0 atom stereocenters. The van der Waals surface area contributed by atoms with Crippen molar-refractivity contribution < 1.29 is 0 Å². The van der Waals surface area contributed by atoms with Gasteiger partial charge in [-0.05, 0) is 44.3 Å². The Labute approximate surface area is 118 Å². The van der Waals surface area contributed by atoms with E-state index < -0.39 is 0 Å². The highest BCUT2D eigenvalue weighted by atomic mass is 32.1. The molecule has 0 amide bonds. The quantitative estimate of drug-likeness (QED) is 0.764. The molecule has 0 unspecified atom stereocenters. The van der Waals surface area contributed by atoms with Gasteiger partial charge in [-0.1, -0.05) is 6.07 Å². The van der Waals surface area contributed by atoms with Gasteiger partial charge >= 0.3 is 0 Å². The monoisotopic (exact) mass is 276 g/mol. The van der Waals surface area contributed by atoms with Crippen LogP contribution in [0.15, 0.2) is 23.6 Å². The van der Waals surface area contributed by atoms with E-state index in [-0.39, 0.29) is 0 Å². The zero-order chi connectivity index (χ0) is 13.5. The summed E-state index contributed by atoms with van der Waals surface area (Å²) in [4.78, 5) is 10.1. The Bertz CT molecular complexity index is 476. The summed E-state index contributed by atoms with van der Waals surface area (Å²) in [6, 6.07) is 6.22. The van der Waals surface area contributed by atoms with E-state index in [2.05, 4.69) is 38.1 Å². The summed E-state index contributed by atoms with van der Waals surface area (Å²) in [7, 11) is 0. The Morgan fingerprint density at radius 1 is 1.16 bits per heavy atom. The van der Waals surface area contributed by atoms with Gasteiger partial charge in [-0.15, -0.1) is 11.3 Å². The molecule has 102 valence electrons. The van der Waals surface area contributed by atoms with Crippen LogP contribution in [0.2, 0.25) is 0 Å². The fourth-order valence-corrected chi connectivity index (χ4v) is 2.52. The first kappa shape index (κ1) is 14.0. The van der Waals surface area contributed by atoms with Crippen LogP contribution in [0, 0.1) is 13.8 Å². The maximum atomic E-state index is 4.35. The Morgan fingerprint density at radius 3 is 2.63 bits per heavy atom. The van der Waals surface area contributed by atoms with Crippen molar-refractivity contribution >= 4 is 17.3 Å². The normalized spacial score (nSPS) is 10.6. The molecule has 2 rings (SSSR count). The highest BCUT2D eigenvalue weighted by Gasteiger charge is 1.98. The van der Waals surface area contributed by atoms with Crippen LogP contribution >= 0.6 is 11.3 Å². The lowest BCUT2D eigenvalue weighted by molar-refractivity contribution is 0.667. The molecule has 0 aliphatic rings. The molecule has 0 saturated heterocycles. The Morgan fingerprint density at radius 2 is 1.95 bits per heavy atom. The lowest BCUT2D eigenvalue weighted by atomic mass is 10.3. The lowest BCUT2D eigenvalue weighted by Crippen LogP contribution is -2.17. The topological polar surface area (TPSA) is 49.8 Å². The van der Waals surface area contributed by atoms with E-state index in [4.69, 9.17) is 0 Å². The van der Waals surface area contributed by atoms with Crippen molar-refractivity contribution in [2.24, 2.45) is 0 Å². The number of nitrogens with one attached hydrogen (secondary N) is 2. The summed E-state index contributed by atoms with van der Waals surface area (Å²) in [6.45, 7) is 6.82. The van der Waals surface area contributed by atoms with Crippen LogP contribution in [0.4, 0.5) is 5.95 Å². The number of nitrogens with zero attached hydrogens (tertiary/aromatic N) is 2. The molecular weight excluding hydrogens is 256 g/mol. The zero-order valence-electron chi connectivity index (χ0n) is 11.4. The van der Waals surface area contributed by atoms with Crippen molar-refractivity contribution in [1.29, 1.82) is 0 Å². The molecule has 0 radical (unpaired) electrons. The van der Waals surface area contributed by atoms with E-state index in [9.17, 15) is 0 Å². The number of thiophene rings is 1. The van der Waals surface area contributed by atoms with Gasteiger partial charge in [-0.2, -0.15) is 0 Å². The van der Waals surface area contributed by atoms with Crippen molar-refractivity contribution in [2.45, 2.75) is 26.8 Å². The first-order valence-electron chi connectivity index (χ1n) is 6.53. The molecule has 5 heteroatoms. The van der Waals surface area contributed by atoms with Gasteiger partial charge in [-0.3, -0.25) is 0 Å². The molecule has 0 aliphatic heterocycles. The van der Waals surface area contributed by atoms with Crippen molar-refractivity contribution in [3.8, 4) is 0 Å². The summed E-state index contributed by atoms with van der Waals surface area (Å²) in [5.74, 6) is 0.732. The van der Waals surface area contributed by atoms with Crippen molar-refractivity contribution in [1.82, 2.24) is 15.3 Å². The molecule has 0 aliphatic carbocycles. The van der Waals surface area contributed by atoms with Crippen LogP contribution in [0.1, 0.15) is 22.7 Å². The van der Waals surface area contributed by atoms with Crippen molar-refractivity contribution in [3.05, 3.63) is 39.8 Å². The minimum atomic E-state index is 0.732. The van der Waals surface area contributed by atoms with Gasteiger partial charge < -0.3 is 10.6 Å². The second-order valence-electron chi connectivity index (χ2n) is 4.51. The van der Waals surface area contributed by atoms with E-state index in [1.165, 1.54) is 4.88 Å². The van der Waals surface area contributed by atoms with Crippen LogP contribution < -0.4 is 10.6 Å². The average Bonchev–Trinajstić information content (AvgIpc) is 2.85. The number of hydrogen-bond acceptors (Lipinski definition) is 5. The largest absolute Gasteiger partial charge is 0.354 e. The standard InChI is InChI=1S/C14H20N4S/c1-11-9-12(2)18-14(17-11)16-7-4-6-15-10-13-5-3-8-19-13/h3,5,8-9,15H,4,6-7,10H2,1-2H3,(H,16,17,18). The molecular formula is C14H20N4S. The van der Waals surface area contributed by atoms with Crippen LogP contribution in [0.25, 0.3) is 0 Å². The Hall–Kier alpha value is -1.46. The third-order valence-electron chi connectivity index (χ3n) is 2.68. The van der Waals surface area contributed by atoms with Crippen molar-refractivity contribution in [3.63, 3.8) is 0 Å². The Kier molecular flexibility index (Phi) is 5.30. The molecule has 0 aromatic carbocycles. The van der Waals surface area contributed by atoms with Gasteiger partial charge in [0.15, 0.2) is 0 Å². The number of hydrogen-bond donors (Lipinski definition) is 2. The molecule has 0 bridgehead atoms. The molecule has 19 heavy (non-hydrogen) atoms. The van der Waals surface area contributed by atoms with Gasteiger partial charge in [0.1, 0.15) is 0 Å². The van der Waals surface area contributed by atoms with Gasteiger partial charge in [0, 0.05) is 29.4 Å². The second-order valence-corrected chi connectivity index (χ2v) is 5.54. The smallest absolute Gasteiger partial charge is 0.223 e. The van der Waals surface area contributed by atoms with Crippen LogP contribution in [0.3, 0.4) is 0 Å². The lowest BCUT2D eigenvalue weighted by Gasteiger charge is -2.07. The van der Waals surface area contributed by atoms with Crippen molar-refractivity contribution in [2.75, 3.05) is 18.4 Å². The number of aromatic nitrogens is 2. The van der Waals surface area contributed by atoms with Gasteiger partial charge in [-0.25, -0.2) is 9.97 Å². The molecule has 0 fully saturated rings. The molecule has 2 N–H and O–H groups in total. The van der Waals surface area contributed by atoms with Crippen LogP contribution in [-0.4, -0.2) is 23.1 Å². The maximum absolute atomic E-state index is 4.35. The summed E-state index contributed by atoms with van der Waals surface area (Å²) < 4.78 is 0. The molecule has 4 nitrogen and oxygen atoms in total. The first-order chi connectivity index (χ1) is 9.24. The third kappa shape index (κ3) is 4.96. The molecule has 0 saturated carbocycles. The molecule has 2 aromatic rings. The van der Waals surface area contributed by atoms with E-state index in [1.54, 1.807) is 11.3 Å². The first-order valence-corrected chi connectivity index (χ1v) is 7.41. The van der Waals surface area contributed by atoms with E-state index in [1.807, 2.05) is 19.9 Å². The summed E-state index contributed by atoms with van der Waals surface area (Å²) in [5, 5.41) is 8.79. The second kappa shape index (κ2) is 7.21. The number of rotatable bonds is 7. The molecule has 2 aromatic heterocycles. The molecule has 0 spiro atoms. The minimum Gasteiger partial charge on any atom is -0.354 e. The maximum Gasteiger partial charge on any atom is 0.223 e. The summed E-state index contributed by atoms with van der Waals surface area (Å²) in [5.41, 5.74) is 2.01. The highest BCUT2D eigenvalue weighted by molar-refractivity contribution is 7.09. The predicted octanol–water partition coefficient (Wildman–Crippen LogP) is 2.75. The van der Waals surface area contributed by atoms with Gasteiger partial charge in [0.05, 0.1) is 0 Å². The Balaban J connectivity index is 1.61. The minimum absolute atomic E-state index is 0.732. The third-order valence-corrected chi connectivity index (χ3v) is 3.55. The van der Waals surface area contributed by atoms with E-state index >= 15 is 0 Å². The predicted molar refractivity (Wildman–Crippen MR) is 80.6 cm³/mol. The highest BCUT2D eigenvalue weighted by Crippen LogP contribution is 2.07. The van der Waals surface area contributed by atoms with E-state index in [0.29, 0.717) is 0 Å². The number of anilines is 1. The SMILES string of the molecule is Cc1cc(C)nc(NCCCNCc2cccs2)n1. The molecule has 2 heterocycles. The average molecular weight is 276 g/mol. The fraction of sp³-hybridized carbons (Fsp3) is 0.429. The van der Waals surface area contributed by atoms with E-state index in [0.717, 1.165) is 43.4 Å².